The molecule has 2 aromatic rings. The number of nitrogens with one attached hydrogen (secondary N) is 1. The minimum Gasteiger partial charge on any atom is -0.481 e. The van der Waals surface area contributed by atoms with Crippen molar-refractivity contribution >= 4 is 23.6 Å². The minimum absolute atomic E-state index is 0.135. The van der Waals surface area contributed by atoms with Crippen LogP contribution in [0.1, 0.15) is 29.2 Å². The molecule has 0 heterocycles. The average Bonchev–Trinajstić information content (AvgIpc) is 2.55. The Morgan fingerprint density at radius 3 is 2.50 bits per heavy atom. The predicted octanol–water partition coefficient (Wildman–Crippen LogP) is 3.73. The Morgan fingerprint density at radius 2 is 1.83 bits per heavy atom. The molecular weight excluding hydrogens is 322 g/mol. The third kappa shape index (κ3) is 5.42. The number of amides is 1. The number of rotatable bonds is 7. The minimum atomic E-state index is -0.939. The van der Waals surface area contributed by atoms with Crippen LogP contribution < -0.4 is 5.32 Å². The summed E-state index contributed by atoms with van der Waals surface area (Å²) >= 11 is 1.47. The molecule has 1 unspecified atom stereocenters. The number of thioether (sulfide) groups is 1. The van der Waals surface area contributed by atoms with Crippen molar-refractivity contribution in [1.29, 1.82) is 0 Å². The van der Waals surface area contributed by atoms with Gasteiger partial charge in [0.2, 0.25) is 5.91 Å². The van der Waals surface area contributed by atoms with E-state index in [1.54, 1.807) is 0 Å². The van der Waals surface area contributed by atoms with Gasteiger partial charge in [-0.05, 0) is 31.0 Å². The number of carbonyl (C=O) groups is 2. The molecule has 2 aromatic carbocycles. The lowest BCUT2D eigenvalue weighted by Crippen LogP contribution is -2.31. The van der Waals surface area contributed by atoms with E-state index in [1.807, 2.05) is 56.3 Å². The Labute approximate surface area is 146 Å². The molecule has 4 nitrogen and oxygen atoms in total. The van der Waals surface area contributed by atoms with Crippen molar-refractivity contribution in [3.05, 3.63) is 65.2 Å². The number of benzene rings is 2. The molecule has 0 fully saturated rings. The number of hydrogen-bond acceptors (Lipinski definition) is 3. The maximum Gasteiger partial charge on any atom is 0.305 e. The molecule has 0 aliphatic heterocycles. The van der Waals surface area contributed by atoms with Crippen LogP contribution >= 0.6 is 11.8 Å². The van der Waals surface area contributed by atoms with Gasteiger partial charge in [0.1, 0.15) is 0 Å². The van der Waals surface area contributed by atoms with Gasteiger partial charge in [-0.2, -0.15) is 0 Å². The Morgan fingerprint density at radius 1 is 1.12 bits per heavy atom. The smallest absolute Gasteiger partial charge is 0.305 e. The normalized spacial score (nSPS) is 11.8. The zero-order valence-corrected chi connectivity index (χ0v) is 14.6. The van der Waals surface area contributed by atoms with Gasteiger partial charge in [-0.3, -0.25) is 9.59 Å². The second-order valence-corrected chi connectivity index (χ2v) is 6.70. The van der Waals surface area contributed by atoms with Gasteiger partial charge in [-0.15, -0.1) is 11.8 Å². The molecule has 0 aliphatic carbocycles. The molecule has 0 saturated carbocycles. The van der Waals surface area contributed by atoms with Gasteiger partial charge in [0, 0.05) is 4.90 Å². The molecule has 0 radical (unpaired) electrons. The van der Waals surface area contributed by atoms with Gasteiger partial charge in [-0.25, -0.2) is 0 Å². The van der Waals surface area contributed by atoms with E-state index in [-0.39, 0.29) is 18.1 Å². The molecule has 1 amide bonds. The van der Waals surface area contributed by atoms with Crippen molar-refractivity contribution in [3.63, 3.8) is 0 Å². The third-order valence-electron chi connectivity index (χ3n) is 3.62. The molecule has 0 aliphatic rings. The Balaban J connectivity index is 2.00. The van der Waals surface area contributed by atoms with E-state index in [0.29, 0.717) is 0 Å². The van der Waals surface area contributed by atoms with Gasteiger partial charge in [0.15, 0.2) is 0 Å². The fourth-order valence-corrected chi connectivity index (χ4v) is 3.29. The van der Waals surface area contributed by atoms with Crippen LogP contribution in [-0.2, 0) is 9.59 Å². The number of carboxylic acid groups (broad SMARTS) is 1. The fourth-order valence-electron chi connectivity index (χ4n) is 2.35. The van der Waals surface area contributed by atoms with E-state index >= 15 is 0 Å². The average molecular weight is 343 g/mol. The van der Waals surface area contributed by atoms with Crippen molar-refractivity contribution in [2.24, 2.45) is 0 Å². The van der Waals surface area contributed by atoms with Crippen molar-refractivity contribution in [1.82, 2.24) is 5.32 Å². The lowest BCUT2D eigenvalue weighted by molar-refractivity contribution is -0.137. The maximum absolute atomic E-state index is 12.3. The number of carboxylic acids is 1. The Bertz CT molecular complexity index is 716. The summed E-state index contributed by atoms with van der Waals surface area (Å²) in [4.78, 5) is 24.4. The summed E-state index contributed by atoms with van der Waals surface area (Å²) < 4.78 is 0. The van der Waals surface area contributed by atoms with Gasteiger partial charge < -0.3 is 10.4 Å². The first-order valence-electron chi connectivity index (χ1n) is 7.72. The van der Waals surface area contributed by atoms with Gasteiger partial charge in [0.05, 0.1) is 18.2 Å². The molecule has 0 spiro atoms. The highest BCUT2D eigenvalue weighted by Crippen LogP contribution is 2.24. The lowest BCUT2D eigenvalue weighted by atomic mass is 10.0. The summed E-state index contributed by atoms with van der Waals surface area (Å²) in [6, 6.07) is 14.8. The summed E-state index contributed by atoms with van der Waals surface area (Å²) in [7, 11) is 0. The second-order valence-electron chi connectivity index (χ2n) is 5.69. The SMILES string of the molecule is Cc1ccc(C)c(SCC(=O)NC(CC(=O)O)c2ccccc2)c1. The van der Waals surface area contributed by atoms with Crippen LogP contribution in [0.25, 0.3) is 0 Å². The quantitative estimate of drug-likeness (QED) is 0.752. The fraction of sp³-hybridized carbons (Fsp3) is 0.263. The van der Waals surface area contributed by atoms with Crippen molar-refractivity contribution in [2.45, 2.75) is 31.2 Å². The number of aryl methyl sites for hydroxylation is 2. The van der Waals surface area contributed by atoms with Gasteiger partial charge >= 0.3 is 5.97 Å². The lowest BCUT2D eigenvalue weighted by Gasteiger charge is -2.17. The molecule has 0 saturated heterocycles. The van der Waals surface area contributed by atoms with Crippen molar-refractivity contribution in [3.8, 4) is 0 Å². The maximum atomic E-state index is 12.3. The molecule has 5 heteroatoms. The Hall–Kier alpha value is -2.27. The highest BCUT2D eigenvalue weighted by molar-refractivity contribution is 8.00. The van der Waals surface area contributed by atoms with Crippen LogP contribution in [-0.4, -0.2) is 22.7 Å². The third-order valence-corrected chi connectivity index (χ3v) is 4.78. The highest BCUT2D eigenvalue weighted by atomic mass is 32.2. The van der Waals surface area contributed by atoms with E-state index in [1.165, 1.54) is 11.8 Å². The van der Waals surface area contributed by atoms with E-state index in [2.05, 4.69) is 11.4 Å². The highest BCUT2D eigenvalue weighted by Gasteiger charge is 2.18. The first kappa shape index (κ1) is 18.1. The zero-order valence-electron chi connectivity index (χ0n) is 13.8. The van der Waals surface area contributed by atoms with Gasteiger partial charge in [0.25, 0.3) is 0 Å². The Kier molecular flexibility index (Phi) is 6.44. The van der Waals surface area contributed by atoms with Crippen LogP contribution in [0.3, 0.4) is 0 Å². The van der Waals surface area contributed by atoms with E-state index < -0.39 is 12.0 Å². The molecule has 2 N–H and O–H groups in total. The van der Waals surface area contributed by atoms with E-state index in [4.69, 9.17) is 5.11 Å². The van der Waals surface area contributed by atoms with Crippen LogP contribution in [0.15, 0.2) is 53.4 Å². The van der Waals surface area contributed by atoms with Crippen molar-refractivity contribution in [2.75, 3.05) is 5.75 Å². The number of carbonyl (C=O) groups excluding carboxylic acids is 1. The summed E-state index contributed by atoms with van der Waals surface area (Å²) in [6.45, 7) is 4.03. The molecule has 0 bridgehead atoms. The van der Waals surface area contributed by atoms with Crippen LogP contribution in [0.2, 0.25) is 0 Å². The molecule has 1 atom stereocenters. The topological polar surface area (TPSA) is 66.4 Å². The van der Waals surface area contributed by atoms with Crippen LogP contribution in [0.5, 0.6) is 0 Å². The molecule has 24 heavy (non-hydrogen) atoms. The predicted molar refractivity (Wildman–Crippen MR) is 96.2 cm³/mol. The summed E-state index contributed by atoms with van der Waals surface area (Å²) in [5, 5.41) is 11.9. The molecule has 2 rings (SSSR count). The monoisotopic (exact) mass is 343 g/mol. The first-order valence-corrected chi connectivity index (χ1v) is 8.70. The van der Waals surface area contributed by atoms with Gasteiger partial charge in [-0.1, -0.05) is 48.0 Å². The summed E-state index contributed by atoms with van der Waals surface area (Å²) in [5.74, 6) is -0.852. The number of aliphatic carboxylic acids is 1. The standard InChI is InChI=1S/C19H21NO3S/c1-13-8-9-14(2)17(10-13)24-12-18(21)20-16(11-19(22)23)15-6-4-3-5-7-15/h3-10,16H,11-12H2,1-2H3,(H,20,21)(H,22,23). The molecular formula is C19H21NO3S. The van der Waals surface area contributed by atoms with Crippen molar-refractivity contribution < 1.29 is 14.7 Å². The zero-order chi connectivity index (χ0) is 17.5. The number of hydrogen-bond donors (Lipinski definition) is 2. The van der Waals surface area contributed by atoms with Crippen LogP contribution in [0, 0.1) is 13.8 Å². The molecule has 126 valence electrons. The van der Waals surface area contributed by atoms with Crippen LogP contribution in [0.4, 0.5) is 0 Å². The first-order chi connectivity index (χ1) is 11.5. The molecule has 0 aromatic heterocycles. The van der Waals surface area contributed by atoms with E-state index in [9.17, 15) is 9.59 Å². The summed E-state index contributed by atoms with van der Waals surface area (Å²) in [6.07, 6.45) is -0.135. The largest absolute Gasteiger partial charge is 0.481 e. The summed E-state index contributed by atoms with van der Waals surface area (Å²) in [5.41, 5.74) is 3.07. The second kappa shape index (κ2) is 8.55. The van der Waals surface area contributed by atoms with E-state index in [0.717, 1.165) is 21.6 Å².